The Hall–Kier alpha value is -1.62. The number of piperazine rings is 1. The van der Waals surface area contributed by atoms with E-state index in [-0.39, 0.29) is 11.9 Å². The molecule has 1 N–H and O–H groups in total. The molecule has 1 amide bonds. The molecule has 1 aromatic heterocycles. The summed E-state index contributed by atoms with van der Waals surface area (Å²) in [4.78, 5) is 20.9. The highest BCUT2D eigenvalue weighted by molar-refractivity contribution is 5.92. The van der Waals surface area contributed by atoms with E-state index in [2.05, 4.69) is 34.1 Å². The number of rotatable bonds is 4. The minimum Gasteiger partial charge on any atom is -0.368 e. The number of nitrogens with one attached hydrogen (secondary N) is 1. The van der Waals surface area contributed by atoms with Crippen molar-refractivity contribution in [1.82, 2.24) is 15.2 Å². The summed E-state index contributed by atoms with van der Waals surface area (Å²) in [6.07, 6.45) is 2.72. The standard InChI is InChI=1S/C15H24N4O/c1-4-12(2)17-15(20)14-6-5-13(11-16-14)19-9-7-18(3)8-10-19/h5-6,11-12H,4,7-10H2,1-3H3,(H,17,20). The van der Waals surface area contributed by atoms with Crippen molar-refractivity contribution in [3.63, 3.8) is 0 Å². The molecule has 1 aliphatic rings. The van der Waals surface area contributed by atoms with Gasteiger partial charge in [-0.2, -0.15) is 0 Å². The zero-order valence-electron chi connectivity index (χ0n) is 12.6. The molecule has 1 saturated heterocycles. The normalized spacial score (nSPS) is 17.9. The van der Waals surface area contributed by atoms with E-state index in [4.69, 9.17) is 0 Å². The first-order chi connectivity index (χ1) is 9.60. The van der Waals surface area contributed by atoms with Crippen LogP contribution in [0.5, 0.6) is 0 Å². The Balaban J connectivity index is 1.97. The lowest BCUT2D eigenvalue weighted by Crippen LogP contribution is -2.44. The van der Waals surface area contributed by atoms with Crippen molar-refractivity contribution in [1.29, 1.82) is 0 Å². The van der Waals surface area contributed by atoms with Crippen LogP contribution < -0.4 is 10.2 Å². The summed E-state index contributed by atoms with van der Waals surface area (Å²) in [7, 11) is 2.14. The quantitative estimate of drug-likeness (QED) is 0.902. The first-order valence-corrected chi connectivity index (χ1v) is 7.30. The number of likely N-dealkylation sites (N-methyl/N-ethyl adjacent to an activating group) is 1. The van der Waals surface area contributed by atoms with E-state index < -0.39 is 0 Å². The Morgan fingerprint density at radius 1 is 1.35 bits per heavy atom. The molecule has 1 unspecified atom stereocenters. The highest BCUT2D eigenvalue weighted by Crippen LogP contribution is 2.15. The van der Waals surface area contributed by atoms with Crippen LogP contribution in [-0.2, 0) is 0 Å². The van der Waals surface area contributed by atoms with Gasteiger partial charge in [-0.05, 0) is 32.5 Å². The minimum absolute atomic E-state index is 0.0933. The van der Waals surface area contributed by atoms with Crippen molar-refractivity contribution >= 4 is 11.6 Å². The van der Waals surface area contributed by atoms with Gasteiger partial charge in [-0.3, -0.25) is 4.79 Å². The van der Waals surface area contributed by atoms with Gasteiger partial charge in [-0.25, -0.2) is 4.98 Å². The highest BCUT2D eigenvalue weighted by atomic mass is 16.1. The second kappa shape index (κ2) is 6.70. The van der Waals surface area contributed by atoms with Crippen LogP contribution in [0, 0.1) is 0 Å². The second-order valence-electron chi connectivity index (χ2n) is 5.47. The largest absolute Gasteiger partial charge is 0.368 e. The summed E-state index contributed by atoms with van der Waals surface area (Å²) >= 11 is 0. The average Bonchev–Trinajstić information content (AvgIpc) is 2.48. The fourth-order valence-corrected chi connectivity index (χ4v) is 2.17. The van der Waals surface area contributed by atoms with Crippen molar-refractivity contribution in [2.24, 2.45) is 0 Å². The summed E-state index contributed by atoms with van der Waals surface area (Å²) in [5, 5.41) is 2.93. The third-order valence-electron chi connectivity index (χ3n) is 3.84. The monoisotopic (exact) mass is 276 g/mol. The van der Waals surface area contributed by atoms with Crippen LogP contribution in [-0.4, -0.2) is 55.1 Å². The second-order valence-corrected chi connectivity index (χ2v) is 5.47. The van der Waals surface area contributed by atoms with E-state index >= 15 is 0 Å². The van der Waals surface area contributed by atoms with Crippen LogP contribution in [0.15, 0.2) is 18.3 Å². The van der Waals surface area contributed by atoms with E-state index in [0.717, 1.165) is 38.3 Å². The van der Waals surface area contributed by atoms with Gasteiger partial charge >= 0.3 is 0 Å². The maximum absolute atomic E-state index is 12.0. The molecule has 5 nitrogen and oxygen atoms in total. The van der Waals surface area contributed by atoms with E-state index in [1.165, 1.54) is 0 Å². The summed E-state index contributed by atoms with van der Waals surface area (Å²) in [6, 6.07) is 3.98. The zero-order chi connectivity index (χ0) is 14.5. The molecule has 110 valence electrons. The van der Waals surface area contributed by atoms with Crippen molar-refractivity contribution in [2.75, 3.05) is 38.1 Å². The summed E-state index contributed by atoms with van der Waals surface area (Å²) < 4.78 is 0. The highest BCUT2D eigenvalue weighted by Gasteiger charge is 2.15. The minimum atomic E-state index is -0.0933. The molecule has 0 spiro atoms. The number of aromatic nitrogens is 1. The van der Waals surface area contributed by atoms with Crippen LogP contribution >= 0.6 is 0 Å². The van der Waals surface area contributed by atoms with Gasteiger partial charge in [-0.15, -0.1) is 0 Å². The van der Waals surface area contributed by atoms with Gasteiger partial charge in [0.2, 0.25) is 0 Å². The summed E-state index contributed by atoms with van der Waals surface area (Å²) in [6.45, 7) is 8.20. The third-order valence-corrected chi connectivity index (χ3v) is 3.84. The fourth-order valence-electron chi connectivity index (χ4n) is 2.17. The van der Waals surface area contributed by atoms with Crippen molar-refractivity contribution in [3.05, 3.63) is 24.0 Å². The SMILES string of the molecule is CCC(C)NC(=O)c1ccc(N2CCN(C)CC2)cn1. The molecule has 2 rings (SSSR count). The van der Waals surface area contributed by atoms with Gasteiger partial charge in [-0.1, -0.05) is 6.92 Å². The number of amides is 1. The smallest absolute Gasteiger partial charge is 0.270 e. The molecule has 1 aromatic rings. The van der Waals surface area contributed by atoms with E-state index in [0.29, 0.717) is 5.69 Å². The molecule has 1 atom stereocenters. The van der Waals surface area contributed by atoms with Gasteiger partial charge in [0.25, 0.3) is 5.91 Å². The van der Waals surface area contributed by atoms with E-state index in [9.17, 15) is 4.79 Å². The lowest BCUT2D eigenvalue weighted by molar-refractivity contribution is 0.0934. The Bertz CT molecular complexity index is 438. The number of nitrogens with zero attached hydrogens (tertiary/aromatic N) is 3. The Morgan fingerprint density at radius 2 is 2.05 bits per heavy atom. The van der Waals surface area contributed by atoms with Crippen LogP contribution in [0.1, 0.15) is 30.8 Å². The maximum atomic E-state index is 12.0. The van der Waals surface area contributed by atoms with Crippen molar-refractivity contribution < 1.29 is 4.79 Å². The van der Waals surface area contributed by atoms with Crippen LogP contribution in [0.25, 0.3) is 0 Å². The molecule has 0 bridgehead atoms. The molecule has 0 radical (unpaired) electrons. The first kappa shape index (κ1) is 14.8. The summed E-state index contributed by atoms with van der Waals surface area (Å²) in [5.74, 6) is -0.0933. The van der Waals surface area contributed by atoms with Crippen LogP contribution in [0.2, 0.25) is 0 Å². The van der Waals surface area contributed by atoms with Gasteiger partial charge in [0.1, 0.15) is 5.69 Å². The predicted octanol–water partition coefficient (Wildman–Crippen LogP) is 1.36. The van der Waals surface area contributed by atoms with Gasteiger partial charge in [0.05, 0.1) is 11.9 Å². The fraction of sp³-hybridized carbons (Fsp3) is 0.600. The van der Waals surface area contributed by atoms with Crippen molar-refractivity contribution in [2.45, 2.75) is 26.3 Å². The summed E-state index contributed by atoms with van der Waals surface area (Å²) in [5.41, 5.74) is 1.58. The van der Waals surface area contributed by atoms with Crippen LogP contribution in [0.4, 0.5) is 5.69 Å². The van der Waals surface area contributed by atoms with Crippen LogP contribution in [0.3, 0.4) is 0 Å². The molecule has 20 heavy (non-hydrogen) atoms. The lowest BCUT2D eigenvalue weighted by Gasteiger charge is -2.33. The molecule has 2 heterocycles. The Kier molecular flexibility index (Phi) is 4.95. The molecule has 0 aliphatic carbocycles. The zero-order valence-corrected chi connectivity index (χ0v) is 12.6. The number of anilines is 1. The third kappa shape index (κ3) is 3.70. The topological polar surface area (TPSA) is 48.5 Å². The van der Waals surface area contributed by atoms with Gasteiger partial charge < -0.3 is 15.1 Å². The lowest BCUT2D eigenvalue weighted by atomic mass is 10.2. The predicted molar refractivity (Wildman–Crippen MR) is 81.2 cm³/mol. The molecule has 0 aromatic carbocycles. The molecular formula is C15H24N4O. The van der Waals surface area contributed by atoms with E-state index in [1.807, 2.05) is 19.1 Å². The average molecular weight is 276 g/mol. The Labute approximate surface area is 121 Å². The number of carbonyl (C=O) groups is 1. The number of hydrogen-bond donors (Lipinski definition) is 1. The van der Waals surface area contributed by atoms with Gasteiger partial charge in [0, 0.05) is 32.2 Å². The molecule has 1 fully saturated rings. The van der Waals surface area contributed by atoms with Crippen molar-refractivity contribution in [3.8, 4) is 0 Å². The molecule has 5 heteroatoms. The number of carbonyl (C=O) groups excluding carboxylic acids is 1. The molecule has 1 aliphatic heterocycles. The van der Waals surface area contributed by atoms with Gasteiger partial charge in [0.15, 0.2) is 0 Å². The maximum Gasteiger partial charge on any atom is 0.270 e. The number of pyridine rings is 1. The first-order valence-electron chi connectivity index (χ1n) is 7.30. The molecule has 0 saturated carbocycles. The number of hydrogen-bond acceptors (Lipinski definition) is 4. The van der Waals surface area contributed by atoms with E-state index in [1.54, 1.807) is 6.20 Å². The Morgan fingerprint density at radius 3 is 2.60 bits per heavy atom. The molecular weight excluding hydrogens is 252 g/mol.